The molecule has 4 nitrogen and oxygen atoms in total. The summed E-state index contributed by atoms with van der Waals surface area (Å²) in [4.78, 5) is 0. The summed E-state index contributed by atoms with van der Waals surface area (Å²) in [6.45, 7) is 3.88. The topological polar surface area (TPSA) is 39.1 Å². The van der Waals surface area contributed by atoms with Crippen LogP contribution in [0.2, 0.25) is 0 Å². The Morgan fingerprint density at radius 1 is 1.47 bits per heavy atom. The summed E-state index contributed by atoms with van der Waals surface area (Å²) in [6.07, 6.45) is 8.93. The molecule has 2 aliphatic rings. The Bertz CT molecular complexity index is 423. The summed E-state index contributed by atoms with van der Waals surface area (Å²) in [5.74, 6) is 0. The van der Waals surface area contributed by atoms with Crippen molar-refractivity contribution in [3.05, 3.63) is 18.0 Å². The van der Waals surface area contributed by atoms with E-state index in [1.165, 1.54) is 37.8 Å². The monoisotopic (exact) mass is 263 g/mol. The average molecular weight is 263 g/mol. The van der Waals surface area contributed by atoms with Gasteiger partial charge in [-0.05, 0) is 32.3 Å². The molecule has 106 valence electrons. The molecule has 1 aromatic rings. The van der Waals surface area contributed by atoms with Gasteiger partial charge >= 0.3 is 0 Å². The molecular formula is C15H25N3O. The van der Waals surface area contributed by atoms with Gasteiger partial charge in [-0.3, -0.25) is 4.68 Å². The molecule has 4 heteroatoms. The van der Waals surface area contributed by atoms with Crippen LogP contribution in [0.15, 0.2) is 12.3 Å². The number of hydrogen-bond donors (Lipinski definition) is 1. The first-order valence-corrected chi connectivity index (χ1v) is 7.58. The second-order valence-corrected chi connectivity index (χ2v) is 6.00. The van der Waals surface area contributed by atoms with E-state index in [0.29, 0.717) is 17.6 Å². The Kier molecular flexibility index (Phi) is 3.63. The van der Waals surface area contributed by atoms with Crippen LogP contribution < -0.4 is 5.32 Å². The highest BCUT2D eigenvalue weighted by molar-refractivity contribution is 5.11. The first-order chi connectivity index (χ1) is 9.26. The zero-order valence-corrected chi connectivity index (χ0v) is 12.1. The van der Waals surface area contributed by atoms with Crippen LogP contribution in [0.5, 0.6) is 0 Å². The lowest BCUT2D eigenvalue weighted by molar-refractivity contribution is -0.130. The molecule has 1 heterocycles. The molecular weight excluding hydrogens is 238 g/mol. The van der Waals surface area contributed by atoms with Crippen molar-refractivity contribution in [1.29, 1.82) is 0 Å². The Hall–Kier alpha value is -0.870. The predicted octanol–water partition coefficient (Wildman–Crippen LogP) is 2.25. The van der Waals surface area contributed by atoms with Crippen molar-refractivity contribution >= 4 is 0 Å². The normalized spacial score (nSPS) is 28.7. The molecule has 3 rings (SSSR count). The fourth-order valence-corrected chi connectivity index (χ4v) is 3.98. The summed E-state index contributed by atoms with van der Waals surface area (Å²) in [5.41, 5.74) is 1.68. The third-order valence-electron chi connectivity index (χ3n) is 5.14. The maximum absolute atomic E-state index is 5.95. The zero-order chi connectivity index (χ0) is 13.3. The van der Waals surface area contributed by atoms with Gasteiger partial charge in [0.1, 0.15) is 0 Å². The van der Waals surface area contributed by atoms with Gasteiger partial charge in [0.25, 0.3) is 0 Å². The SMILES string of the molecule is CCOC1CC(NCc2ccnn2C)C12CCCC2. The Balaban J connectivity index is 1.61. The Labute approximate surface area is 115 Å². The highest BCUT2D eigenvalue weighted by atomic mass is 16.5. The largest absolute Gasteiger partial charge is 0.378 e. The summed E-state index contributed by atoms with van der Waals surface area (Å²) in [6, 6.07) is 2.72. The van der Waals surface area contributed by atoms with Crippen molar-refractivity contribution in [2.75, 3.05) is 6.61 Å². The van der Waals surface area contributed by atoms with Gasteiger partial charge in [-0.25, -0.2) is 0 Å². The number of aryl methyl sites for hydroxylation is 1. The molecule has 2 fully saturated rings. The molecule has 0 aromatic carbocycles. The molecule has 0 aliphatic heterocycles. The van der Waals surface area contributed by atoms with E-state index < -0.39 is 0 Å². The standard InChI is InChI=1S/C15H25N3O/c1-3-19-14-10-13(15(14)7-4-5-8-15)16-11-12-6-9-17-18(12)2/h6,9,13-14,16H,3-5,7-8,10-11H2,1-2H3. The van der Waals surface area contributed by atoms with Crippen LogP contribution in [0.4, 0.5) is 0 Å². The first kappa shape index (κ1) is 13.1. The third-order valence-corrected chi connectivity index (χ3v) is 5.14. The minimum atomic E-state index is 0.425. The van der Waals surface area contributed by atoms with Crippen molar-refractivity contribution in [3.63, 3.8) is 0 Å². The third kappa shape index (κ3) is 2.21. The lowest BCUT2D eigenvalue weighted by Crippen LogP contribution is -2.62. The number of rotatable bonds is 5. The van der Waals surface area contributed by atoms with Gasteiger partial charge in [0.05, 0.1) is 11.8 Å². The van der Waals surface area contributed by atoms with E-state index in [2.05, 4.69) is 23.4 Å². The number of nitrogens with zero attached hydrogens (tertiary/aromatic N) is 2. The summed E-state index contributed by atoms with van der Waals surface area (Å²) in [7, 11) is 2.01. The maximum Gasteiger partial charge on any atom is 0.0661 e. The molecule has 0 amide bonds. The number of hydrogen-bond acceptors (Lipinski definition) is 3. The van der Waals surface area contributed by atoms with Gasteiger partial charge in [-0.15, -0.1) is 0 Å². The van der Waals surface area contributed by atoms with E-state index in [9.17, 15) is 0 Å². The van der Waals surface area contributed by atoms with Gasteiger partial charge in [0.2, 0.25) is 0 Å². The molecule has 1 N–H and O–H groups in total. The van der Waals surface area contributed by atoms with Crippen LogP contribution in [0.3, 0.4) is 0 Å². The van der Waals surface area contributed by atoms with Gasteiger partial charge in [0, 0.05) is 37.9 Å². The molecule has 2 atom stereocenters. The summed E-state index contributed by atoms with van der Waals surface area (Å²) in [5, 5.41) is 7.97. The summed E-state index contributed by atoms with van der Waals surface area (Å²) < 4.78 is 7.90. The fourth-order valence-electron chi connectivity index (χ4n) is 3.98. The smallest absolute Gasteiger partial charge is 0.0661 e. The molecule has 2 saturated carbocycles. The lowest BCUT2D eigenvalue weighted by Gasteiger charge is -2.54. The zero-order valence-electron chi connectivity index (χ0n) is 12.1. The van der Waals surface area contributed by atoms with Crippen LogP contribution in [0, 0.1) is 5.41 Å². The van der Waals surface area contributed by atoms with Gasteiger partial charge < -0.3 is 10.1 Å². The Morgan fingerprint density at radius 2 is 2.26 bits per heavy atom. The van der Waals surface area contributed by atoms with Crippen LogP contribution >= 0.6 is 0 Å². The highest BCUT2D eigenvalue weighted by Gasteiger charge is 2.56. The Morgan fingerprint density at radius 3 is 2.89 bits per heavy atom. The van der Waals surface area contributed by atoms with E-state index in [1.54, 1.807) is 0 Å². The van der Waals surface area contributed by atoms with Crippen molar-refractivity contribution in [1.82, 2.24) is 15.1 Å². The van der Waals surface area contributed by atoms with Crippen LogP contribution in [-0.4, -0.2) is 28.5 Å². The molecule has 0 radical (unpaired) electrons. The fraction of sp³-hybridized carbons (Fsp3) is 0.800. The summed E-state index contributed by atoms with van der Waals surface area (Å²) >= 11 is 0. The molecule has 0 bridgehead atoms. The molecule has 2 unspecified atom stereocenters. The van der Waals surface area contributed by atoms with Crippen molar-refractivity contribution in [2.45, 2.75) is 57.7 Å². The van der Waals surface area contributed by atoms with Gasteiger partial charge in [-0.1, -0.05) is 12.8 Å². The van der Waals surface area contributed by atoms with E-state index in [-0.39, 0.29) is 0 Å². The number of ether oxygens (including phenoxy) is 1. The maximum atomic E-state index is 5.95. The van der Waals surface area contributed by atoms with Crippen molar-refractivity contribution in [2.24, 2.45) is 12.5 Å². The average Bonchev–Trinajstić information content (AvgIpc) is 3.03. The second kappa shape index (κ2) is 5.25. The van der Waals surface area contributed by atoms with E-state index in [4.69, 9.17) is 4.74 Å². The van der Waals surface area contributed by atoms with Crippen molar-refractivity contribution in [3.8, 4) is 0 Å². The number of aromatic nitrogens is 2. The van der Waals surface area contributed by atoms with Crippen LogP contribution in [0.25, 0.3) is 0 Å². The van der Waals surface area contributed by atoms with Crippen molar-refractivity contribution < 1.29 is 4.74 Å². The second-order valence-electron chi connectivity index (χ2n) is 6.00. The lowest BCUT2D eigenvalue weighted by atomic mass is 9.60. The van der Waals surface area contributed by atoms with Crippen LogP contribution in [-0.2, 0) is 18.3 Å². The molecule has 0 saturated heterocycles. The minimum absolute atomic E-state index is 0.425. The van der Waals surface area contributed by atoms with E-state index in [1.807, 2.05) is 17.9 Å². The molecule has 19 heavy (non-hydrogen) atoms. The van der Waals surface area contributed by atoms with Gasteiger partial charge in [-0.2, -0.15) is 5.10 Å². The van der Waals surface area contributed by atoms with E-state index >= 15 is 0 Å². The number of nitrogens with one attached hydrogen (secondary N) is 1. The molecule has 2 aliphatic carbocycles. The first-order valence-electron chi connectivity index (χ1n) is 7.58. The minimum Gasteiger partial charge on any atom is -0.378 e. The van der Waals surface area contributed by atoms with Crippen LogP contribution in [0.1, 0.15) is 44.7 Å². The quantitative estimate of drug-likeness (QED) is 0.885. The molecule has 1 spiro atoms. The predicted molar refractivity (Wildman–Crippen MR) is 74.8 cm³/mol. The van der Waals surface area contributed by atoms with Gasteiger partial charge in [0.15, 0.2) is 0 Å². The molecule has 1 aromatic heterocycles. The van der Waals surface area contributed by atoms with E-state index in [0.717, 1.165) is 13.2 Å². The highest BCUT2D eigenvalue weighted by Crippen LogP contribution is 2.54.